The second-order valence-electron chi connectivity index (χ2n) is 3.63. The minimum Gasteiger partial charge on any atom is -0.393 e. The van der Waals surface area contributed by atoms with Gasteiger partial charge in [-0.05, 0) is 19.1 Å². The molecule has 1 heterocycles. The number of aliphatic hydroxyl groups excluding tert-OH is 1. The topological polar surface area (TPSA) is 59.2 Å². The van der Waals surface area contributed by atoms with Crippen LogP contribution < -0.4 is 0 Å². The lowest BCUT2D eigenvalue weighted by atomic mass is 10.1. The molecule has 2 atom stereocenters. The third kappa shape index (κ3) is 3.83. The maximum absolute atomic E-state index is 9.36. The number of aromatic nitrogens is 2. The van der Waals surface area contributed by atoms with E-state index in [-0.39, 0.29) is 5.92 Å². The monoisotopic (exact) mass is 230 g/mol. The Morgan fingerprint density at radius 1 is 1.47 bits per heavy atom. The maximum atomic E-state index is 9.36. The van der Waals surface area contributed by atoms with E-state index in [1.807, 2.05) is 6.92 Å². The molecule has 1 aromatic heterocycles. The van der Waals surface area contributed by atoms with Gasteiger partial charge in [0.25, 0.3) is 0 Å². The number of nitrogens with zero attached hydrogens (tertiary/aromatic N) is 2. The summed E-state index contributed by atoms with van der Waals surface area (Å²) < 4.78 is 5.08. The summed E-state index contributed by atoms with van der Waals surface area (Å²) in [4.78, 5) is 4.24. The minimum absolute atomic E-state index is 0.0950. The Balaban J connectivity index is 2.48. The van der Waals surface area contributed by atoms with Gasteiger partial charge in [-0.15, -0.1) is 0 Å². The molecule has 0 spiro atoms. The van der Waals surface area contributed by atoms with E-state index in [0.717, 1.165) is 23.8 Å². The third-order valence-electron chi connectivity index (χ3n) is 2.18. The quantitative estimate of drug-likeness (QED) is 0.759. The predicted molar refractivity (Wildman–Crippen MR) is 60.8 cm³/mol. The van der Waals surface area contributed by atoms with Gasteiger partial charge in [-0.25, -0.2) is 0 Å². The van der Waals surface area contributed by atoms with E-state index in [2.05, 4.69) is 17.1 Å². The molecule has 2 unspecified atom stereocenters. The highest BCUT2D eigenvalue weighted by Gasteiger charge is 2.18. The van der Waals surface area contributed by atoms with E-state index in [4.69, 9.17) is 4.52 Å². The van der Waals surface area contributed by atoms with E-state index in [0.29, 0.717) is 5.89 Å². The van der Waals surface area contributed by atoms with Gasteiger partial charge in [-0.3, -0.25) is 0 Å². The van der Waals surface area contributed by atoms with E-state index in [9.17, 15) is 5.11 Å². The van der Waals surface area contributed by atoms with Gasteiger partial charge >= 0.3 is 0 Å². The normalized spacial score (nSPS) is 15.2. The van der Waals surface area contributed by atoms with Crippen LogP contribution in [0.15, 0.2) is 4.52 Å². The number of aliphatic hydroxyl groups is 1. The molecular weight excluding hydrogens is 212 g/mol. The molecule has 0 aliphatic heterocycles. The molecule has 15 heavy (non-hydrogen) atoms. The fourth-order valence-electron chi connectivity index (χ4n) is 1.03. The van der Waals surface area contributed by atoms with Gasteiger partial charge < -0.3 is 9.63 Å². The highest BCUT2D eigenvalue weighted by atomic mass is 32.2. The smallest absolute Gasteiger partial charge is 0.232 e. The molecule has 0 fully saturated rings. The summed E-state index contributed by atoms with van der Waals surface area (Å²) in [6, 6.07) is 0. The Hall–Kier alpha value is -0.550. The fraction of sp³-hybridized carbons (Fsp3) is 0.800. The van der Waals surface area contributed by atoms with Crippen molar-refractivity contribution in [3.8, 4) is 0 Å². The molecule has 5 heteroatoms. The van der Waals surface area contributed by atoms with Gasteiger partial charge in [0.05, 0.1) is 17.8 Å². The Kier molecular flexibility index (Phi) is 5.11. The first-order chi connectivity index (χ1) is 7.15. The Morgan fingerprint density at radius 2 is 2.20 bits per heavy atom. The molecule has 4 nitrogen and oxygen atoms in total. The van der Waals surface area contributed by atoms with Crippen molar-refractivity contribution in [1.29, 1.82) is 0 Å². The van der Waals surface area contributed by atoms with Crippen molar-refractivity contribution in [2.75, 3.05) is 5.75 Å². The van der Waals surface area contributed by atoms with Crippen LogP contribution in [0.5, 0.6) is 0 Å². The zero-order valence-corrected chi connectivity index (χ0v) is 10.3. The summed E-state index contributed by atoms with van der Waals surface area (Å²) in [6.45, 7) is 5.74. The van der Waals surface area contributed by atoms with Crippen LogP contribution in [0.25, 0.3) is 0 Å². The van der Waals surface area contributed by atoms with Gasteiger partial charge in [0.1, 0.15) is 0 Å². The lowest BCUT2D eigenvalue weighted by Crippen LogP contribution is -2.11. The van der Waals surface area contributed by atoms with Gasteiger partial charge in [0.15, 0.2) is 5.82 Å². The van der Waals surface area contributed by atoms with Crippen molar-refractivity contribution < 1.29 is 9.63 Å². The average Bonchev–Trinajstić information content (AvgIpc) is 2.65. The third-order valence-corrected chi connectivity index (χ3v) is 3.34. The van der Waals surface area contributed by atoms with Crippen LogP contribution in [-0.2, 0) is 5.75 Å². The van der Waals surface area contributed by atoms with Crippen LogP contribution in [0, 0.1) is 0 Å². The Labute approximate surface area is 94.5 Å². The highest BCUT2D eigenvalue weighted by molar-refractivity contribution is 7.98. The van der Waals surface area contributed by atoms with Crippen molar-refractivity contribution >= 4 is 11.8 Å². The molecule has 1 N–H and O–H groups in total. The van der Waals surface area contributed by atoms with Crippen molar-refractivity contribution in [3.63, 3.8) is 0 Å². The average molecular weight is 230 g/mol. The molecule has 0 saturated carbocycles. The lowest BCUT2D eigenvalue weighted by molar-refractivity contribution is 0.151. The Morgan fingerprint density at radius 3 is 2.80 bits per heavy atom. The molecule has 1 aromatic rings. The molecule has 0 aliphatic carbocycles. The second kappa shape index (κ2) is 6.12. The number of hydrogen-bond donors (Lipinski definition) is 1. The second-order valence-corrected chi connectivity index (χ2v) is 4.74. The van der Waals surface area contributed by atoms with Crippen molar-refractivity contribution in [2.24, 2.45) is 0 Å². The first-order valence-electron chi connectivity index (χ1n) is 5.23. The molecule has 86 valence electrons. The summed E-state index contributed by atoms with van der Waals surface area (Å²) >= 11 is 1.79. The fourth-order valence-corrected chi connectivity index (χ4v) is 1.76. The first-order valence-corrected chi connectivity index (χ1v) is 6.39. The highest BCUT2D eigenvalue weighted by Crippen LogP contribution is 2.18. The molecular formula is C10H18N2O2S. The molecule has 0 amide bonds. The van der Waals surface area contributed by atoms with Crippen LogP contribution in [0.1, 0.15) is 44.8 Å². The number of thioether (sulfide) groups is 1. The molecule has 0 aliphatic rings. The van der Waals surface area contributed by atoms with Crippen molar-refractivity contribution in [3.05, 3.63) is 11.7 Å². The van der Waals surface area contributed by atoms with Crippen molar-refractivity contribution in [1.82, 2.24) is 10.1 Å². The maximum Gasteiger partial charge on any atom is 0.232 e. The molecule has 0 bridgehead atoms. The van der Waals surface area contributed by atoms with Gasteiger partial charge in [-0.2, -0.15) is 16.7 Å². The first kappa shape index (κ1) is 12.5. The Bertz CT molecular complexity index is 289. The number of hydrogen-bond acceptors (Lipinski definition) is 5. The van der Waals surface area contributed by atoms with E-state index in [1.54, 1.807) is 18.7 Å². The van der Waals surface area contributed by atoms with Crippen LogP contribution >= 0.6 is 11.8 Å². The van der Waals surface area contributed by atoms with Crippen molar-refractivity contribution in [2.45, 2.75) is 45.0 Å². The zero-order valence-electron chi connectivity index (χ0n) is 9.43. The molecule has 0 saturated heterocycles. The summed E-state index contributed by atoms with van der Waals surface area (Å²) in [6.07, 6.45) is 0.695. The largest absolute Gasteiger partial charge is 0.393 e. The van der Waals surface area contributed by atoms with E-state index >= 15 is 0 Å². The standard InChI is InChI=1S/C10H18N2O2S/c1-4-5-15-6-9-11-10(14-12-9)7(2)8(3)13/h7-8,13H,4-6H2,1-3H3. The van der Waals surface area contributed by atoms with E-state index < -0.39 is 6.10 Å². The van der Waals surface area contributed by atoms with Crippen LogP contribution in [0.3, 0.4) is 0 Å². The summed E-state index contributed by atoms with van der Waals surface area (Å²) in [5, 5.41) is 13.2. The summed E-state index contributed by atoms with van der Waals surface area (Å²) in [7, 11) is 0. The molecule has 0 aromatic carbocycles. The van der Waals surface area contributed by atoms with Crippen LogP contribution in [0.4, 0.5) is 0 Å². The summed E-state index contributed by atoms with van der Waals surface area (Å²) in [5.41, 5.74) is 0. The lowest BCUT2D eigenvalue weighted by Gasteiger charge is -2.07. The van der Waals surface area contributed by atoms with Gasteiger partial charge in [0, 0.05) is 0 Å². The zero-order chi connectivity index (χ0) is 11.3. The van der Waals surface area contributed by atoms with Crippen LogP contribution in [-0.4, -0.2) is 27.1 Å². The minimum atomic E-state index is -0.457. The van der Waals surface area contributed by atoms with Gasteiger partial charge in [0.2, 0.25) is 5.89 Å². The molecule has 0 radical (unpaired) electrons. The van der Waals surface area contributed by atoms with Gasteiger partial charge in [-0.1, -0.05) is 19.0 Å². The molecule has 1 rings (SSSR count). The van der Waals surface area contributed by atoms with Crippen LogP contribution in [0.2, 0.25) is 0 Å². The predicted octanol–water partition coefficient (Wildman–Crippen LogP) is 2.20. The number of rotatable bonds is 6. The SMILES string of the molecule is CCCSCc1noc(C(C)C(C)O)n1. The summed E-state index contributed by atoms with van der Waals surface area (Å²) in [5.74, 6) is 3.04. The van der Waals surface area contributed by atoms with E-state index in [1.165, 1.54) is 0 Å².